The van der Waals surface area contributed by atoms with Gasteiger partial charge < -0.3 is 10.8 Å². The molecule has 0 aliphatic heterocycles. The van der Waals surface area contributed by atoms with Crippen LogP contribution in [0, 0.1) is 5.41 Å². The monoisotopic (exact) mass is 275 g/mol. The minimum atomic E-state index is -0.429. The number of rotatable bonds is 3. The zero-order valence-electron chi connectivity index (χ0n) is 13.2. The Labute approximate surface area is 123 Å². The van der Waals surface area contributed by atoms with Gasteiger partial charge in [-0.05, 0) is 29.4 Å². The highest BCUT2D eigenvalue weighted by Crippen LogP contribution is 2.45. The molecule has 0 spiro atoms. The van der Waals surface area contributed by atoms with Crippen LogP contribution in [0.2, 0.25) is 0 Å². The first-order valence-electron chi connectivity index (χ1n) is 7.88. The third kappa shape index (κ3) is 3.07. The van der Waals surface area contributed by atoms with E-state index in [0.717, 1.165) is 18.4 Å². The zero-order valence-corrected chi connectivity index (χ0v) is 13.2. The fourth-order valence-electron chi connectivity index (χ4n) is 3.36. The molecule has 3 N–H and O–H groups in total. The molecule has 0 amide bonds. The summed E-state index contributed by atoms with van der Waals surface area (Å²) in [4.78, 5) is 0. The van der Waals surface area contributed by atoms with E-state index >= 15 is 0 Å². The third-order valence-corrected chi connectivity index (χ3v) is 4.93. The van der Waals surface area contributed by atoms with Crippen molar-refractivity contribution in [1.82, 2.24) is 0 Å². The fraction of sp³-hybridized carbons (Fsp3) is 0.667. The summed E-state index contributed by atoms with van der Waals surface area (Å²) < 4.78 is 0. The van der Waals surface area contributed by atoms with Gasteiger partial charge in [-0.3, -0.25) is 0 Å². The maximum absolute atomic E-state index is 10.8. The molecule has 112 valence electrons. The van der Waals surface area contributed by atoms with Gasteiger partial charge in [-0.25, -0.2) is 0 Å². The molecule has 1 aromatic rings. The molecule has 20 heavy (non-hydrogen) atoms. The third-order valence-electron chi connectivity index (χ3n) is 4.93. The van der Waals surface area contributed by atoms with Crippen LogP contribution in [0.25, 0.3) is 0 Å². The van der Waals surface area contributed by atoms with Gasteiger partial charge in [0.2, 0.25) is 0 Å². The van der Waals surface area contributed by atoms with Gasteiger partial charge in [0.25, 0.3) is 0 Å². The molecule has 0 saturated heterocycles. The van der Waals surface area contributed by atoms with Gasteiger partial charge >= 0.3 is 0 Å². The van der Waals surface area contributed by atoms with Crippen molar-refractivity contribution in [2.24, 2.45) is 11.1 Å². The highest BCUT2D eigenvalue weighted by molar-refractivity contribution is 5.29. The van der Waals surface area contributed by atoms with E-state index in [-0.39, 0.29) is 10.8 Å². The normalized spacial score (nSPS) is 20.6. The maximum Gasteiger partial charge on any atom is 0.0858 e. The van der Waals surface area contributed by atoms with Gasteiger partial charge in [0.15, 0.2) is 0 Å². The van der Waals surface area contributed by atoms with Gasteiger partial charge in [0, 0.05) is 12.0 Å². The minimum absolute atomic E-state index is 0.110. The number of benzene rings is 1. The van der Waals surface area contributed by atoms with Crippen molar-refractivity contribution >= 4 is 0 Å². The molecule has 0 radical (unpaired) electrons. The Hall–Kier alpha value is -0.860. The van der Waals surface area contributed by atoms with Crippen LogP contribution in [-0.2, 0) is 5.41 Å². The summed E-state index contributed by atoms with van der Waals surface area (Å²) in [7, 11) is 0. The zero-order chi connectivity index (χ0) is 14.8. The van der Waals surface area contributed by atoms with E-state index in [1.165, 1.54) is 24.8 Å². The van der Waals surface area contributed by atoms with Crippen LogP contribution in [0.4, 0.5) is 0 Å². The Bertz CT molecular complexity index is 424. The molecule has 1 aliphatic carbocycles. The Balaban J connectivity index is 2.21. The van der Waals surface area contributed by atoms with E-state index in [1.807, 2.05) is 0 Å². The van der Waals surface area contributed by atoms with Crippen molar-refractivity contribution < 1.29 is 5.11 Å². The van der Waals surface area contributed by atoms with Gasteiger partial charge in [0.1, 0.15) is 0 Å². The van der Waals surface area contributed by atoms with Crippen molar-refractivity contribution in [2.75, 3.05) is 6.54 Å². The van der Waals surface area contributed by atoms with E-state index in [4.69, 9.17) is 5.73 Å². The lowest BCUT2D eigenvalue weighted by atomic mass is 9.68. The van der Waals surface area contributed by atoms with Crippen LogP contribution in [0.1, 0.15) is 70.1 Å². The second-order valence-corrected chi connectivity index (χ2v) is 7.40. The summed E-state index contributed by atoms with van der Waals surface area (Å²) in [6.45, 7) is 7.21. The Morgan fingerprint density at radius 3 is 2.10 bits per heavy atom. The first-order valence-corrected chi connectivity index (χ1v) is 7.88. The number of aliphatic hydroxyl groups excluding tert-OH is 1. The van der Waals surface area contributed by atoms with Crippen molar-refractivity contribution in [2.45, 2.75) is 64.4 Å². The van der Waals surface area contributed by atoms with Crippen molar-refractivity contribution in [1.29, 1.82) is 0 Å². The van der Waals surface area contributed by atoms with E-state index < -0.39 is 6.10 Å². The maximum atomic E-state index is 10.8. The molecular weight excluding hydrogens is 246 g/mol. The van der Waals surface area contributed by atoms with Crippen LogP contribution in [0.3, 0.4) is 0 Å². The van der Waals surface area contributed by atoms with Crippen LogP contribution < -0.4 is 5.73 Å². The van der Waals surface area contributed by atoms with E-state index in [9.17, 15) is 5.11 Å². The van der Waals surface area contributed by atoms with Gasteiger partial charge in [-0.1, -0.05) is 64.3 Å². The molecule has 2 nitrogen and oxygen atoms in total. The average molecular weight is 275 g/mol. The number of nitrogens with two attached hydrogens (primary N) is 1. The quantitative estimate of drug-likeness (QED) is 0.878. The molecule has 0 heterocycles. The molecular formula is C18H29NO. The van der Waals surface area contributed by atoms with E-state index in [2.05, 4.69) is 45.0 Å². The lowest BCUT2D eigenvalue weighted by Crippen LogP contribution is -2.38. The first kappa shape index (κ1) is 15.5. The summed E-state index contributed by atoms with van der Waals surface area (Å²) in [5, 5.41) is 10.8. The smallest absolute Gasteiger partial charge is 0.0858 e. The highest BCUT2D eigenvalue weighted by atomic mass is 16.3. The SMILES string of the molecule is CC(C)(C)c1ccc(C(O)C2(CN)CCCCC2)cc1. The second-order valence-electron chi connectivity index (χ2n) is 7.40. The predicted molar refractivity (Wildman–Crippen MR) is 84.7 cm³/mol. The molecule has 1 unspecified atom stereocenters. The number of hydrogen-bond acceptors (Lipinski definition) is 2. The lowest BCUT2D eigenvalue weighted by Gasteiger charge is -2.40. The van der Waals surface area contributed by atoms with Crippen LogP contribution in [0.15, 0.2) is 24.3 Å². The second kappa shape index (κ2) is 5.87. The minimum Gasteiger partial charge on any atom is -0.388 e. The van der Waals surface area contributed by atoms with E-state index in [1.54, 1.807) is 0 Å². The summed E-state index contributed by atoms with van der Waals surface area (Å²) >= 11 is 0. The summed E-state index contributed by atoms with van der Waals surface area (Å²) in [6, 6.07) is 8.45. The van der Waals surface area contributed by atoms with Crippen LogP contribution in [0.5, 0.6) is 0 Å². The van der Waals surface area contributed by atoms with Crippen molar-refractivity contribution in [3.8, 4) is 0 Å². The number of aliphatic hydroxyl groups is 1. The Kier molecular flexibility index (Phi) is 4.55. The molecule has 2 heteroatoms. The van der Waals surface area contributed by atoms with Gasteiger partial charge in [-0.2, -0.15) is 0 Å². The van der Waals surface area contributed by atoms with Crippen LogP contribution in [-0.4, -0.2) is 11.7 Å². The van der Waals surface area contributed by atoms with Crippen molar-refractivity contribution in [3.05, 3.63) is 35.4 Å². The summed E-state index contributed by atoms with van der Waals surface area (Å²) in [6.07, 6.45) is 5.32. The van der Waals surface area contributed by atoms with Gasteiger partial charge in [0.05, 0.1) is 6.10 Å². The summed E-state index contributed by atoms with van der Waals surface area (Å²) in [5.41, 5.74) is 8.38. The predicted octanol–water partition coefficient (Wildman–Crippen LogP) is 3.93. The lowest BCUT2D eigenvalue weighted by molar-refractivity contribution is 0.000679. The molecule has 2 rings (SSSR count). The fourth-order valence-corrected chi connectivity index (χ4v) is 3.36. The molecule has 0 aromatic heterocycles. The average Bonchev–Trinajstić information content (AvgIpc) is 2.46. The number of hydrogen-bond donors (Lipinski definition) is 2. The Morgan fingerprint density at radius 1 is 1.10 bits per heavy atom. The van der Waals surface area contributed by atoms with E-state index in [0.29, 0.717) is 6.54 Å². The highest BCUT2D eigenvalue weighted by Gasteiger charge is 2.38. The van der Waals surface area contributed by atoms with Crippen LogP contribution >= 0.6 is 0 Å². The molecule has 0 bridgehead atoms. The first-order chi connectivity index (χ1) is 9.39. The molecule has 1 fully saturated rings. The summed E-state index contributed by atoms with van der Waals surface area (Å²) in [5.74, 6) is 0. The standard InChI is InChI=1S/C18H29NO/c1-17(2,3)15-9-7-14(8-10-15)16(20)18(13-19)11-5-4-6-12-18/h7-10,16,20H,4-6,11-13,19H2,1-3H3. The molecule has 1 aromatic carbocycles. The largest absolute Gasteiger partial charge is 0.388 e. The van der Waals surface area contributed by atoms with Crippen molar-refractivity contribution in [3.63, 3.8) is 0 Å². The molecule has 1 aliphatic rings. The molecule has 1 atom stereocenters. The molecule has 1 saturated carbocycles. The topological polar surface area (TPSA) is 46.2 Å². The van der Waals surface area contributed by atoms with Gasteiger partial charge in [-0.15, -0.1) is 0 Å². The Morgan fingerprint density at radius 2 is 1.65 bits per heavy atom.